The SMILES string of the molecule is O=C(COC(c1ccccc1)c1ccccc1)N1CCC(CCN2CCOCC2)CC1. The molecule has 166 valence electrons. The summed E-state index contributed by atoms with van der Waals surface area (Å²) in [7, 11) is 0. The van der Waals surface area contributed by atoms with Crippen LogP contribution in [-0.2, 0) is 14.3 Å². The molecule has 0 bridgehead atoms. The molecular weight excluding hydrogens is 388 g/mol. The van der Waals surface area contributed by atoms with Gasteiger partial charge in [-0.15, -0.1) is 0 Å². The Kier molecular flexibility index (Phi) is 8.11. The molecule has 5 nitrogen and oxygen atoms in total. The van der Waals surface area contributed by atoms with Gasteiger partial charge in [0, 0.05) is 26.2 Å². The number of morpholine rings is 1. The normalized spacial score (nSPS) is 18.4. The summed E-state index contributed by atoms with van der Waals surface area (Å²) in [5.74, 6) is 0.817. The lowest BCUT2D eigenvalue weighted by molar-refractivity contribution is -0.139. The Morgan fingerprint density at radius 3 is 2.06 bits per heavy atom. The van der Waals surface area contributed by atoms with Gasteiger partial charge in [-0.2, -0.15) is 0 Å². The standard InChI is InChI=1S/C26H34N2O3/c29-25(28-15-12-22(13-16-28)11-14-27-17-19-30-20-18-27)21-31-26(23-7-3-1-4-8-23)24-9-5-2-6-10-24/h1-10,22,26H,11-21H2. The van der Waals surface area contributed by atoms with Crippen molar-refractivity contribution in [3.05, 3.63) is 71.8 Å². The average molecular weight is 423 g/mol. The van der Waals surface area contributed by atoms with Crippen LogP contribution in [0.15, 0.2) is 60.7 Å². The van der Waals surface area contributed by atoms with Crippen LogP contribution in [0.3, 0.4) is 0 Å². The number of piperidine rings is 1. The molecule has 0 aliphatic carbocycles. The van der Waals surface area contributed by atoms with Crippen LogP contribution in [-0.4, -0.2) is 68.3 Å². The zero-order chi connectivity index (χ0) is 21.3. The van der Waals surface area contributed by atoms with Crippen LogP contribution >= 0.6 is 0 Å². The third-order valence-electron chi connectivity index (χ3n) is 6.50. The van der Waals surface area contributed by atoms with Crippen molar-refractivity contribution in [2.24, 2.45) is 5.92 Å². The number of benzene rings is 2. The van der Waals surface area contributed by atoms with Crippen molar-refractivity contribution in [3.8, 4) is 0 Å². The molecule has 2 aliphatic heterocycles. The number of nitrogens with zero attached hydrogens (tertiary/aromatic N) is 2. The van der Waals surface area contributed by atoms with Gasteiger partial charge in [0.1, 0.15) is 12.7 Å². The van der Waals surface area contributed by atoms with E-state index in [4.69, 9.17) is 9.47 Å². The summed E-state index contributed by atoms with van der Waals surface area (Å²) in [5.41, 5.74) is 2.15. The quantitative estimate of drug-likeness (QED) is 0.650. The minimum atomic E-state index is -0.225. The van der Waals surface area contributed by atoms with Gasteiger partial charge < -0.3 is 14.4 Å². The van der Waals surface area contributed by atoms with Gasteiger partial charge in [0.05, 0.1) is 13.2 Å². The Morgan fingerprint density at radius 1 is 0.903 bits per heavy atom. The van der Waals surface area contributed by atoms with Crippen LogP contribution < -0.4 is 0 Å². The monoisotopic (exact) mass is 422 g/mol. The third-order valence-corrected chi connectivity index (χ3v) is 6.50. The summed E-state index contributed by atoms with van der Waals surface area (Å²) in [6.45, 7) is 6.79. The van der Waals surface area contributed by atoms with E-state index in [9.17, 15) is 4.79 Å². The summed E-state index contributed by atoms with van der Waals surface area (Å²) in [6, 6.07) is 20.3. The second-order valence-electron chi connectivity index (χ2n) is 8.58. The molecule has 0 atom stereocenters. The molecule has 2 aromatic rings. The lowest BCUT2D eigenvalue weighted by Crippen LogP contribution is -2.42. The second kappa shape index (κ2) is 11.4. The summed E-state index contributed by atoms with van der Waals surface area (Å²) < 4.78 is 11.6. The smallest absolute Gasteiger partial charge is 0.248 e. The minimum absolute atomic E-state index is 0.100. The first-order chi connectivity index (χ1) is 15.3. The van der Waals surface area contributed by atoms with Crippen molar-refractivity contribution in [3.63, 3.8) is 0 Å². The maximum atomic E-state index is 12.9. The third kappa shape index (κ3) is 6.39. The number of ether oxygens (including phenoxy) is 2. The minimum Gasteiger partial charge on any atom is -0.379 e. The lowest BCUT2D eigenvalue weighted by atomic mass is 9.93. The molecule has 5 heteroatoms. The molecule has 0 unspecified atom stereocenters. The van der Waals surface area contributed by atoms with E-state index in [-0.39, 0.29) is 18.6 Å². The van der Waals surface area contributed by atoms with Crippen LogP contribution in [0.1, 0.15) is 36.5 Å². The van der Waals surface area contributed by atoms with Crippen molar-refractivity contribution in [2.45, 2.75) is 25.4 Å². The zero-order valence-electron chi connectivity index (χ0n) is 18.3. The first-order valence-corrected chi connectivity index (χ1v) is 11.6. The molecule has 0 saturated carbocycles. The van der Waals surface area contributed by atoms with Crippen molar-refractivity contribution >= 4 is 5.91 Å². The Hall–Kier alpha value is -2.21. The van der Waals surface area contributed by atoms with Gasteiger partial charge >= 0.3 is 0 Å². The summed E-state index contributed by atoms with van der Waals surface area (Å²) in [6.07, 6.45) is 3.19. The highest BCUT2D eigenvalue weighted by atomic mass is 16.5. The molecule has 2 aromatic carbocycles. The highest BCUT2D eigenvalue weighted by molar-refractivity contribution is 5.77. The van der Waals surface area contributed by atoms with Crippen molar-refractivity contribution in [1.29, 1.82) is 0 Å². The van der Waals surface area contributed by atoms with Gasteiger partial charge in [0.25, 0.3) is 0 Å². The Morgan fingerprint density at radius 2 is 1.48 bits per heavy atom. The molecule has 4 rings (SSSR count). The van der Waals surface area contributed by atoms with E-state index in [1.807, 2.05) is 41.3 Å². The number of carbonyl (C=O) groups is 1. The van der Waals surface area contributed by atoms with Gasteiger partial charge in [-0.25, -0.2) is 0 Å². The maximum absolute atomic E-state index is 12.9. The molecular formula is C26H34N2O3. The second-order valence-corrected chi connectivity index (χ2v) is 8.58. The van der Waals surface area contributed by atoms with E-state index in [0.29, 0.717) is 5.92 Å². The molecule has 0 spiro atoms. The molecule has 1 amide bonds. The van der Waals surface area contributed by atoms with Gasteiger partial charge in [-0.05, 0) is 42.9 Å². The van der Waals surface area contributed by atoms with Gasteiger partial charge in [-0.3, -0.25) is 9.69 Å². The Bertz CT molecular complexity index is 745. The largest absolute Gasteiger partial charge is 0.379 e. The first-order valence-electron chi connectivity index (χ1n) is 11.6. The lowest BCUT2D eigenvalue weighted by Gasteiger charge is -2.34. The van der Waals surface area contributed by atoms with E-state index in [0.717, 1.165) is 69.9 Å². The Labute approximate surface area is 185 Å². The highest BCUT2D eigenvalue weighted by Crippen LogP contribution is 2.26. The van der Waals surface area contributed by atoms with Gasteiger partial charge in [0.15, 0.2) is 0 Å². The fourth-order valence-corrected chi connectivity index (χ4v) is 4.55. The van der Waals surface area contributed by atoms with Crippen molar-refractivity contribution in [1.82, 2.24) is 9.80 Å². The number of hydrogen-bond acceptors (Lipinski definition) is 4. The molecule has 2 saturated heterocycles. The molecule has 0 N–H and O–H groups in total. The van der Waals surface area contributed by atoms with E-state index in [1.54, 1.807) is 0 Å². The first kappa shape index (κ1) is 22.0. The molecule has 0 aromatic heterocycles. The molecule has 2 aliphatic rings. The molecule has 0 radical (unpaired) electrons. The van der Waals surface area contributed by atoms with E-state index in [2.05, 4.69) is 29.2 Å². The molecule has 31 heavy (non-hydrogen) atoms. The number of amides is 1. The van der Waals surface area contributed by atoms with Gasteiger partial charge in [-0.1, -0.05) is 60.7 Å². The number of carbonyl (C=O) groups excluding carboxylic acids is 1. The zero-order valence-corrected chi connectivity index (χ0v) is 18.3. The molecule has 2 fully saturated rings. The van der Waals surface area contributed by atoms with E-state index < -0.39 is 0 Å². The summed E-state index contributed by atoms with van der Waals surface area (Å²) in [4.78, 5) is 17.3. The molecule has 2 heterocycles. The average Bonchev–Trinajstić information content (AvgIpc) is 2.85. The fourth-order valence-electron chi connectivity index (χ4n) is 4.55. The topological polar surface area (TPSA) is 42.0 Å². The van der Waals surface area contributed by atoms with Gasteiger partial charge in [0.2, 0.25) is 5.91 Å². The van der Waals surface area contributed by atoms with Crippen molar-refractivity contribution in [2.75, 3.05) is 52.5 Å². The number of rotatable bonds is 8. The Balaban J connectivity index is 1.25. The van der Waals surface area contributed by atoms with Crippen LogP contribution in [0.2, 0.25) is 0 Å². The summed E-state index contributed by atoms with van der Waals surface area (Å²) >= 11 is 0. The number of hydrogen-bond donors (Lipinski definition) is 0. The predicted molar refractivity (Wildman–Crippen MR) is 122 cm³/mol. The maximum Gasteiger partial charge on any atom is 0.248 e. The fraction of sp³-hybridized carbons (Fsp3) is 0.500. The van der Waals surface area contributed by atoms with Crippen LogP contribution in [0.5, 0.6) is 0 Å². The summed E-state index contributed by atoms with van der Waals surface area (Å²) in [5, 5.41) is 0. The highest BCUT2D eigenvalue weighted by Gasteiger charge is 2.25. The van der Waals surface area contributed by atoms with E-state index >= 15 is 0 Å². The number of likely N-dealkylation sites (tertiary alicyclic amines) is 1. The van der Waals surface area contributed by atoms with Crippen LogP contribution in [0, 0.1) is 5.92 Å². The van der Waals surface area contributed by atoms with Crippen molar-refractivity contribution < 1.29 is 14.3 Å². The predicted octanol–water partition coefficient (Wildman–Crippen LogP) is 3.75. The van der Waals surface area contributed by atoms with Crippen LogP contribution in [0.25, 0.3) is 0 Å². The van der Waals surface area contributed by atoms with E-state index in [1.165, 1.54) is 6.42 Å². The van der Waals surface area contributed by atoms with Crippen LogP contribution in [0.4, 0.5) is 0 Å².